The van der Waals surface area contributed by atoms with E-state index >= 15 is 0 Å². The van der Waals surface area contributed by atoms with Gasteiger partial charge in [0.25, 0.3) is 0 Å². The van der Waals surface area contributed by atoms with Crippen LogP contribution >= 0.6 is 11.3 Å². The molecule has 1 N–H and O–H groups in total. The fraction of sp³-hybridized carbons (Fsp3) is 0.692. The molecule has 0 spiro atoms. The largest absolute Gasteiger partial charge is 0.331 e. The summed E-state index contributed by atoms with van der Waals surface area (Å²) in [4.78, 5) is 27.5. The number of hydrogen-bond donors (Lipinski definition) is 1. The highest BCUT2D eigenvalue weighted by atomic mass is 32.1. The molecule has 1 aromatic rings. The number of aryl methyl sites for hydroxylation is 1. The highest BCUT2D eigenvalue weighted by Crippen LogP contribution is 2.21. The van der Waals surface area contributed by atoms with Crippen molar-refractivity contribution >= 4 is 28.4 Å². The standard InChI is InChI=1S/C13H21N5O2S/c1-4-10-15-16-12(21-10)14-11(19)9-6-5-7-18(8-9)13(20)17(2)3/h9H,4-8H2,1-3H3,(H,14,16,19)/t9-/m0/s1. The van der Waals surface area contributed by atoms with Gasteiger partial charge in [-0.3, -0.25) is 4.79 Å². The number of rotatable bonds is 3. The Hall–Kier alpha value is -1.70. The molecule has 2 rings (SSSR count). The number of piperidine rings is 1. The zero-order valence-electron chi connectivity index (χ0n) is 12.6. The molecule has 7 nitrogen and oxygen atoms in total. The van der Waals surface area contributed by atoms with Crippen molar-refractivity contribution in [1.82, 2.24) is 20.0 Å². The molecule has 116 valence electrons. The quantitative estimate of drug-likeness (QED) is 0.916. The van der Waals surface area contributed by atoms with Crippen LogP contribution < -0.4 is 5.32 Å². The molecule has 0 aliphatic carbocycles. The summed E-state index contributed by atoms with van der Waals surface area (Å²) < 4.78 is 0. The highest BCUT2D eigenvalue weighted by Gasteiger charge is 2.29. The minimum Gasteiger partial charge on any atom is -0.331 e. The summed E-state index contributed by atoms with van der Waals surface area (Å²) >= 11 is 1.39. The van der Waals surface area contributed by atoms with Gasteiger partial charge >= 0.3 is 6.03 Å². The van der Waals surface area contributed by atoms with Gasteiger partial charge in [0.15, 0.2) is 0 Å². The second-order valence-corrected chi connectivity index (χ2v) is 6.37. The van der Waals surface area contributed by atoms with Gasteiger partial charge in [0.05, 0.1) is 5.92 Å². The fourth-order valence-corrected chi connectivity index (χ4v) is 2.98. The fourth-order valence-electron chi connectivity index (χ4n) is 2.30. The van der Waals surface area contributed by atoms with Crippen LogP contribution in [0.1, 0.15) is 24.8 Å². The summed E-state index contributed by atoms with van der Waals surface area (Å²) in [6.07, 6.45) is 2.44. The Kier molecular flexibility index (Phi) is 5.11. The van der Waals surface area contributed by atoms with Crippen LogP contribution in [0.4, 0.5) is 9.93 Å². The van der Waals surface area contributed by atoms with E-state index in [1.807, 2.05) is 6.92 Å². The van der Waals surface area contributed by atoms with Gasteiger partial charge in [0.2, 0.25) is 11.0 Å². The van der Waals surface area contributed by atoms with E-state index < -0.39 is 0 Å². The van der Waals surface area contributed by atoms with Crippen molar-refractivity contribution in [1.29, 1.82) is 0 Å². The van der Waals surface area contributed by atoms with E-state index in [0.29, 0.717) is 18.2 Å². The van der Waals surface area contributed by atoms with Crippen LogP contribution in [0.25, 0.3) is 0 Å². The van der Waals surface area contributed by atoms with Crippen molar-refractivity contribution in [3.05, 3.63) is 5.01 Å². The Labute approximate surface area is 128 Å². The number of urea groups is 1. The van der Waals surface area contributed by atoms with E-state index in [1.165, 1.54) is 11.3 Å². The topological polar surface area (TPSA) is 78.4 Å². The number of likely N-dealkylation sites (tertiary alicyclic amines) is 1. The van der Waals surface area contributed by atoms with Gasteiger partial charge in [-0.25, -0.2) is 4.79 Å². The van der Waals surface area contributed by atoms with Crippen LogP contribution in [-0.2, 0) is 11.2 Å². The first kappa shape index (κ1) is 15.7. The van der Waals surface area contributed by atoms with Crippen LogP contribution in [-0.4, -0.2) is 59.1 Å². The first-order valence-electron chi connectivity index (χ1n) is 7.10. The van der Waals surface area contributed by atoms with E-state index in [1.54, 1.807) is 23.9 Å². The molecule has 0 saturated carbocycles. The normalized spacial score (nSPS) is 18.4. The van der Waals surface area contributed by atoms with Gasteiger partial charge in [-0.2, -0.15) is 0 Å². The second kappa shape index (κ2) is 6.84. The van der Waals surface area contributed by atoms with Gasteiger partial charge in [0, 0.05) is 27.2 Å². The predicted octanol–water partition coefficient (Wildman–Crippen LogP) is 1.43. The van der Waals surface area contributed by atoms with Gasteiger partial charge in [-0.1, -0.05) is 18.3 Å². The molecule has 1 aromatic heterocycles. The number of amides is 3. The van der Waals surface area contributed by atoms with E-state index in [0.717, 1.165) is 24.3 Å². The Morgan fingerprint density at radius 2 is 2.19 bits per heavy atom. The molecule has 0 unspecified atom stereocenters. The van der Waals surface area contributed by atoms with E-state index in [4.69, 9.17) is 0 Å². The lowest BCUT2D eigenvalue weighted by molar-refractivity contribution is -0.121. The van der Waals surface area contributed by atoms with Crippen LogP contribution in [0.3, 0.4) is 0 Å². The number of nitrogens with one attached hydrogen (secondary N) is 1. The average Bonchev–Trinajstić information content (AvgIpc) is 2.94. The zero-order valence-corrected chi connectivity index (χ0v) is 13.4. The van der Waals surface area contributed by atoms with Crippen molar-refractivity contribution in [2.45, 2.75) is 26.2 Å². The SMILES string of the molecule is CCc1nnc(NC(=O)[C@H]2CCCN(C(=O)N(C)C)C2)s1. The maximum atomic E-state index is 12.3. The third-order valence-corrected chi connectivity index (χ3v) is 4.43. The summed E-state index contributed by atoms with van der Waals surface area (Å²) in [5.74, 6) is -0.262. The molecule has 0 radical (unpaired) electrons. The molecule has 2 heterocycles. The molecule has 1 atom stereocenters. The lowest BCUT2D eigenvalue weighted by Gasteiger charge is -2.33. The predicted molar refractivity (Wildman–Crippen MR) is 81.3 cm³/mol. The molecule has 1 aliphatic rings. The highest BCUT2D eigenvalue weighted by molar-refractivity contribution is 7.15. The summed E-state index contributed by atoms with van der Waals surface area (Å²) in [5, 5.41) is 12.2. The molecule has 1 aliphatic heterocycles. The number of carbonyl (C=O) groups excluding carboxylic acids is 2. The Morgan fingerprint density at radius 3 is 2.81 bits per heavy atom. The van der Waals surface area contributed by atoms with Crippen molar-refractivity contribution in [2.75, 3.05) is 32.5 Å². The molecule has 1 fully saturated rings. The Bertz CT molecular complexity index is 516. The number of hydrogen-bond acceptors (Lipinski definition) is 5. The molecule has 8 heteroatoms. The number of carbonyl (C=O) groups is 2. The Morgan fingerprint density at radius 1 is 1.43 bits per heavy atom. The van der Waals surface area contributed by atoms with E-state index in [9.17, 15) is 9.59 Å². The van der Waals surface area contributed by atoms with Crippen molar-refractivity contribution < 1.29 is 9.59 Å². The molecular formula is C13H21N5O2S. The van der Waals surface area contributed by atoms with Gasteiger partial charge in [-0.15, -0.1) is 10.2 Å². The second-order valence-electron chi connectivity index (χ2n) is 5.31. The van der Waals surface area contributed by atoms with Gasteiger partial charge < -0.3 is 15.1 Å². The maximum absolute atomic E-state index is 12.3. The van der Waals surface area contributed by atoms with Crippen LogP contribution in [0, 0.1) is 5.92 Å². The number of aromatic nitrogens is 2. The molecule has 3 amide bonds. The third kappa shape index (κ3) is 3.90. The van der Waals surface area contributed by atoms with Gasteiger partial charge in [-0.05, 0) is 19.3 Å². The minimum absolute atomic E-state index is 0.0447. The summed E-state index contributed by atoms with van der Waals surface area (Å²) in [6, 6.07) is -0.0447. The van der Waals surface area contributed by atoms with Crippen LogP contribution in [0.2, 0.25) is 0 Å². The Balaban J connectivity index is 1.94. The van der Waals surface area contributed by atoms with Crippen molar-refractivity contribution in [3.8, 4) is 0 Å². The zero-order chi connectivity index (χ0) is 15.4. The molecule has 0 bridgehead atoms. The monoisotopic (exact) mass is 311 g/mol. The smallest absolute Gasteiger partial charge is 0.319 e. The lowest BCUT2D eigenvalue weighted by atomic mass is 9.97. The summed E-state index contributed by atoms with van der Waals surface area (Å²) in [5.41, 5.74) is 0. The summed E-state index contributed by atoms with van der Waals surface area (Å²) in [6.45, 7) is 3.17. The molecule has 0 aromatic carbocycles. The van der Waals surface area contributed by atoms with Crippen molar-refractivity contribution in [3.63, 3.8) is 0 Å². The van der Waals surface area contributed by atoms with Gasteiger partial charge in [0.1, 0.15) is 5.01 Å². The maximum Gasteiger partial charge on any atom is 0.319 e. The average molecular weight is 311 g/mol. The number of anilines is 1. The molecule has 21 heavy (non-hydrogen) atoms. The van der Waals surface area contributed by atoms with E-state index in [-0.39, 0.29) is 17.9 Å². The third-order valence-electron chi connectivity index (χ3n) is 3.44. The van der Waals surface area contributed by atoms with Crippen LogP contribution in [0.15, 0.2) is 0 Å². The number of nitrogens with zero attached hydrogens (tertiary/aromatic N) is 4. The minimum atomic E-state index is -0.184. The summed E-state index contributed by atoms with van der Waals surface area (Å²) in [7, 11) is 3.44. The van der Waals surface area contributed by atoms with Crippen LogP contribution in [0.5, 0.6) is 0 Å². The van der Waals surface area contributed by atoms with E-state index in [2.05, 4.69) is 15.5 Å². The first-order valence-corrected chi connectivity index (χ1v) is 7.92. The molecule has 1 saturated heterocycles. The first-order chi connectivity index (χ1) is 10.0. The molecular weight excluding hydrogens is 290 g/mol. The van der Waals surface area contributed by atoms with Crippen molar-refractivity contribution in [2.24, 2.45) is 5.92 Å². The lowest BCUT2D eigenvalue weighted by Crippen LogP contribution is -2.47.